The number of benzene rings is 2. The van der Waals surface area contributed by atoms with Crippen molar-refractivity contribution in [1.29, 1.82) is 0 Å². The van der Waals surface area contributed by atoms with Gasteiger partial charge < -0.3 is 0 Å². The van der Waals surface area contributed by atoms with Gasteiger partial charge in [0, 0.05) is 21.9 Å². The van der Waals surface area contributed by atoms with Crippen molar-refractivity contribution in [3.05, 3.63) is 84.2 Å². The van der Waals surface area contributed by atoms with E-state index in [0.29, 0.717) is 22.5 Å². The van der Waals surface area contributed by atoms with Crippen LogP contribution in [0.3, 0.4) is 0 Å². The Morgan fingerprint density at radius 2 is 1.90 bits per heavy atom. The largest absolute Gasteiger partial charge is 0.278 e. The molecule has 0 saturated carbocycles. The summed E-state index contributed by atoms with van der Waals surface area (Å²) >= 11 is 3.27. The Hall–Kier alpha value is -2.70. The van der Waals surface area contributed by atoms with Crippen molar-refractivity contribution in [1.82, 2.24) is 9.97 Å². The van der Waals surface area contributed by atoms with Crippen molar-refractivity contribution in [2.45, 2.75) is 30.5 Å². The Morgan fingerprint density at radius 3 is 2.66 bits per heavy atom. The zero-order chi connectivity index (χ0) is 20.2. The fourth-order valence-corrected chi connectivity index (χ4v) is 4.85. The Kier molecular flexibility index (Phi) is 5.92. The molecule has 0 fully saturated rings. The van der Waals surface area contributed by atoms with E-state index in [1.165, 1.54) is 11.3 Å². The van der Waals surface area contributed by atoms with Crippen LogP contribution >= 0.6 is 23.1 Å². The summed E-state index contributed by atoms with van der Waals surface area (Å²) in [5, 5.41) is 1.14. The molecule has 0 bridgehead atoms. The van der Waals surface area contributed by atoms with Gasteiger partial charge in [0.1, 0.15) is 0 Å². The third kappa shape index (κ3) is 4.66. The molecule has 0 spiro atoms. The van der Waals surface area contributed by atoms with Crippen molar-refractivity contribution >= 4 is 44.4 Å². The first kappa shape index (κ1) is 19.6. The highest BCUT2D eigenvalue weighted by atomic mass is 32.2. The van der Waals surface area contributed by atoms with Gasteiger partial charge in [-0.05, 0) is 42.5 Å². The molecule has 4 rings (SSSR count). The minimum absolute atomic E-state index is 0.0686. The summed E-state index contributed by atoms with van der Waals surface area (Å²) in [6.07, 6.45) is 1.75. The van der Waals surface area contributed by atoms with Crippen LogP contribution in [0, 0.1) is 0 Å². The van der Waals surface area contributed by atoms with E-state index in [2.05, 4.69) is 18.8 Å². The van der Waals surface area contributed by atoms with Crippen LogP contribution in [0.15, 0.2) is 77.8 Å². The van der Waals surface area contributed by atoms with Crippen molar-refractivity contribution in [3.63, 3.8) is 0 Å². The standard InChI is InChI=1S/C23H21N3OS2/c1-16(2)28-19-10-7-8-17(14-19)22(27)26(15-18-9-5-6-13-24-18)23-25-20-11-3-4-12-21(20)29-23/h3-14,16H,15H2,1-2H3. The number of hydrogen-bond acceptors (Lipinski definition) is 5. The molecule has 0 N–H and O–H groups in total. The van der Waals surface area contributed by atoms with Crippen LogP contribution < -0.4 is 4.90 Å². The zero-order valence-corrected chi connectivity index (χ0v) is 17.9. The van der Waals surface area contributed by atoms with E-state index in [1.54, 1.807) is 22.9 Å². The first-order valence-electron chi connectivity index (χ1n) is 9.44. The number of nitrogens with zero attached hydrogens (tertiary/aromatic N) is 3. The molecular formula is C23H21N3OS2. The summed E-state index contributed by atoms with van der Waals surface area (Å²) in [6.45, 7) is 4.67. The van der Waals surface area contributed by atoms with Crippen LogP contribution in [-0.4, -0.2) is 21.1 Å². The summed E-state index contributed by atoms with van der Waals surface area (Å²) in [5.41, 5.74) is 2.38. The number of carbonyl (C=O) groups excluding carboxylic acids is 1. The molecule has 2 aromatic carbocycles. The molecule has 2 aromatic heterocycles. The lowest BCUT2D eigenvalue weighted by atomic mass is 10.2. The molecule has 0 saturated heterocycles. The quantitative estimate of drug-likeness (QED) is 0.358. The number of pyridine rings is 1. The van der Waals surface area contributed by atoms with E-state index in [-0.39, 0.29) is 5.91 Å². The van der Waals surface area contributed by atoms with Gasteiger partial charge in [0.15, 0.2) is 5.13 Å². The molecule has 0 radical (unpaired) electrons. The Bertz CT molecular complexity index is 1090. The molecule has 4 aromatic rings. The van der Waals surface area contributed by atoms with E-state index < -0.39 is 0 Å². The summed E-state index contributed by atoms with van der Waals surface area (Å²) in [6, 6.07) is 21.5. The van der Waals surface area contributed by atoms with Gasteiger partial charge >= 0.3 is 0 Å². The molecule has 146 valence electrons. The molecule has 4 nitrogen and oxygen atoms in total. The van der Waals surface area contributed by atoms with Crippen molar-refractivity contribution in [2.75, 3.05) is 4.90 Å². The summed E-state index contributed by atoms with van der Waals surface area (Å²) in [4.78, 5) is 25.5. The number of hydrogen-bond donors (Lipinski definition) is 0. The normalized spacial score (nSPS) is 11.1. The van der Waals surface area contributed by atoms with Gasteiger partial charge in [-0.2, -0.15) is 0 Å². The number of aromatic nitrogens is 2. The topological polar surface area (TPSA) is 46.1 Å². The SMILES string of the molecule is CC(C)Sc1cccc(C(=O)N(Cc2ccccn2)c2nc3ccccc3s2)c1. The molecule has 2 heterocycles. The van der Waals surface area contributed by atoms with Crippen LogP contribution in [0.25, 0.3) is 10.2 Å². The maximum Gasteiger partial charge on any atom is 0.260 e. The van der Waals surface area contributed by atoms with Gasteiger partial charge in [-0.15, -0.1) is 11.8 Å². The van der Waals surface area contributed by atoms with E-state index in [4.69, 9.17) is 4.98 Å². The van der Waals surface area contributed by atoms with Crippen LogP contribution in [-0.2, 0) is 6.54 Å². The first-order chi connectivity index (χ1) is 14.1. The van der Waals surface area contributed by atoms with Crippen molar-refractivity contribution in [2.24, 2.45) is 0 Å². The summed E-state index contributed by atoms with van der Waals surface area (Å²) in [7, 11) is 0. The van der Waals surface area contributed by atoms with Gasteiger partial charge in [-0.25, -0.2) is 4.98 Å². The number of thioether (sulfide) groups is 1. The molecule has 0 aliphatic heterocycles. The number of anilines is 1. The molecule has 0 atom stereocenters. The van der Waals surface area contributed by atoms with E-state index in [9.17, 15) is 4.79 Å². The van der Waals surface area contributed by atoms with Crippen molar-refractivity contribution in [3.8, 4) is 0 Å². The highest BCUT2D eigenvalue weighted by Crippen LogP contribution is 2.31. The number of amides is 1. The van der Waals surface area contributed by atoms with E-state index in [0.717, 1.165) is 20.8 Å². The highest BCUT2D eigenvalue weighted by Gasteiger charge is 2.22. The third-order valence-electron chi connectivity index (χ3n) is 4.26. The molecular weight excluding hydrogens is 398 g/mol. The lowest BCUT2D eigenvalue weighted by Crippen LogP contribution is -2.30. The molecule has 6 heteroatoms. The van der Waals surface area contributed by atoms with Gasteiger partial charge in [-0.3, -0.25) is 14.7 Å². The van der Waals surface area contributed by atoms with Crippen LogP contribution in [0.2, 0.25) is 0 Å². The maximum atomic E-state index is 13.5. The number of fused-ring (bicyclic) bond motifs is 1. The van der Waals surface area contributed by atoms with Crippen LogP contribution in [0.5, 0.6) is 0 Å². The third-order valence-corrected chi connectivity index (χ3v) is 6.31. The van der Waals surface area contributed by atoms with E-state index in [1.807, 2.05) is 66.7 Å². The van der Waals surface area contributed by atoms with Gasteiger partial charge in [0.2, 0.25) is 0 Å². The number of carbonyl (C=O) groups is 1. The number of thiazole rings is 1. The molecule has 1 amide bonds. The second kappa shape index (κ2) is 8.76. The average Bonchev–Trinajstić information content (AvgIpc) is 3.16. The highest BCUT2D eigenvalue weighted by molar-refractivity contribution is 7.99. The Labute approximate surface area is 178 Å². The monoisotopic (exact) mass is 419 g/mol. The van der Waals surface area contributed by atoms with Crippen molar-refractivity contribution < 1.29 is 4.79 Å². The summed E-state index contributed by atoms with van der Waals surface area (Å²) < 4.78 is 1.06. The van der Waals surface area contributed by atoms with Gasteiger partial charge in [0.05, 0.1) is 22.5 Å². The Morgan fingerprint density at radius 1 is 1.07 bits per heavy atom. The fraction of sp³-hybridized carbons (Fsp3) is 0.174. The molecule has 0 unspecified atom stereocenters. The van der Waals surface area contributed by atoms with Crippen LogP contribution in [0.4, 0.5) is 5.13 Å². The Balaban J connectivity index is 1.72. The molecule has 0 aliphatic carbocycles. The average molecular weight is 420 g/mol. The minimum atomic E-state index is -0.0686. The van der Waals surface area contributed by atoms with Gasteiger partial charge in [-0.1, -0.05) is 49.4 Å². The number of rotatable bonds is 6. The predicted molar refractivity (Wildman–Crippen MR) is 122 cm³/mol. The fourth-order valence-electron chi connectivity index (χ4n) is 2.99. The van der Waals surface area contributed by atoms with Gasteiger partial charge in [0.25, 0.3) is 5.91 Å². The first-order valence-corrected chi connectivity index (χ1v) is 11.1. The lowest BCUT2D eigenvalue weighted by molar-refractivity contribution is 0.0984. The minimum Gasteiger partial charge on any atom is -0.278 e. The van der Waals surface area contributed by atoms with Crippen LogP contribution in [0.1, 0.15) is 29.9 Å². The second-order valence-corrected chi connectivity index (χ2v) is 9.53. The predicted octanol–water partition coefficient (Wildman–Crippen LogP) is 6.04. The lowest BCUT2D eigenvalue weighted by Gasteiger charge is -2.20. The van der Waals surface area contributed by atoms with E-state index >= 15 is 0 Å². The molecule has 0 aliphatic rings. The second-order valence-electron chi connectivity index (χ2n) is 6.87. The number of para-hydroxylation sites is 1. The molecule has 29 heavy (non-hydrogen) atoms. The zero-order valence-electron chi connectivity index (χ0n) is 16.3. The smallest absolute Gasteiger partial charge is 0.260 e. The summed E-state index contributed by atoms with van der Waals surface area (Å²) in [5.74, 6) is -0.0686. The maximum absolute atomic E-state index is 13.5.